The maximum Gasteiger partial charge on any atom is 0.193 e. The summed E-state index contributed by atoms with van der Waals surface area (Å²) < 4.78 is 0. The third-order valence-corrected chi connectivity index (χ3v) is 3.70. The van der Waals surface area contributed by atoms with E-state index < -0.39 is 0 Å². The van der Waals surface area contributed by atoms with Crippen LogP contribution in [0.4, 0.5) is 5.69 Å². The van der Waals surface area contributed by atoms with Crippen molar-refractivity contribution in [3.8, 4) is 0 Å². The summed E-state index contributed by atoms with van der Waals surface area (Å²) in [5, 5.41) is 3.15. The standard InChI is InChI=1S/C18H24N4/c1-4-14-7-5-9-16(11-14)22-17(19)21-13-18(2,3)15-8-6-10-20-12-15/h5-12H,4,13H2,1-3H3,(H3,19,21,22). The predicted octanol–water partition coefficient (Wildman–Crippen LogP) is 3.35. The smallest absolute Gasteiger partial charge is 0.193 e. The number of anilines is 1. The van der Waals surface area contributed by atoms with E-state index in [0.29, 0.717) is 12.5 Å². The van der Waals surface area contributed by atoms with Crippen molar-refractivity contribution < 1.29 is 0 Å². The zero-order valence-electron chi connectivity index (χ0n) is 13.5. The number of rotatable bonds is 5. The van der Waals surface area contributed by atoms with E-state index in [0.717, 1.165) is 17.7 Å². The second-order valence-electron chi connectivity index (χ2n) is 6.01. The molecule has 1 aromatic heterocycles. The highest BCUT2D eigenvalue weighted by Crippen LogP contribution is 2.22. The molecule has 1 heterocycles. The maximum atomic E-state index is 6.01. The minimum absolute atomic E-state index is 0.105. The molecule has 0 amide bonds. The minimum atomic E-state index is -0.105. The second kappa shape index (κ2) is 7.07. The molecule has 116 valence electrons. The first-order chi connectivity index (χ1) is 10.5. The average Bonchev–Trinajstić information content (AvgIpc) is 2.54. The van der Waals surface area contributed by atoms with Gasteiger partial charge in [-0.15, -0.1) is 0 Å². The number of nitrogens with two attached hydrogens (primary N) is 1. The van der Waals surface area contributed by atoms with Gasteiger partial charge in [0.05, 0.1) is 6.54 Å². The van der Waals surface area contributed by atoms with Gasteiger partial charge in [-0.05, 0) is 35.7 Å². The molecule has 0 fully saturated rings. The summed E-state index contributed by atoms with van der Waals surface area (Å²) in [5.74, 6) is 0.435. The molecule has 2 aromatic rings. The molecule has 1 aromatic carbocycles. The summed E-state index contributed by atoms with van der Waals surface area (Å²) in [6, 6.07) is 12.2. The van der Waals surface area contributed by atoms with E-state index in [-0.39, 0.29) is 5.41 Å². The molecule has 0 atom stereocenters. The fourth-order valence-corrected chi connectivity index (χ4v) is 2.19. The zero-order valence-corrected chi connectivity index (χ0v) is 13.5. The van der Waals surface area contributed by atoms with Gasteiger partial charge in [0, 0.05) is 23.5 Å². The van der Waals surface area contributed by atoms with Crippen molar-refractivity contribution in [3.63, 3.8) is 0 Å². The van der Waals surface area contributed by atoms with Crippen molar-refractivity contribution in [1.29, 1.82) is 0 Å². The Labute approximate surface area is 132 Å². The Hall–Kier alpha value is -2.36. The van der Waals surface area contributed by atoms with Gasteiger partial charge in [-0.1, -0.05) is 39.0 Å². The third-order valence-electron chi connectivity index (χ3n) is 3.70. The number of aromatic nitrogens is 1. The summed E-state index contributed by atoms with van der Waals surface area (Å²) in [6.45, 7) is 7.01. The molecule has 0 radical (unpaired) electrons. The summed E-state index contributed by atoms with van der Waals surface area (Å²) in [4.78, 5) is 8.65. The number of guanidine groups is 1. The van der Waals surface area contributed by atoms with Gasteiger partial charge < -0.3 is 11.1 Å². The summed E-state index contributed by atoms with van der Waals surface area (Å²) in [7, 11) is 0. The molecule has 0 aliphatic carbocycles. The van der Waals surface area contributed by atoms with Crippen LogP contribution < -0.4 is 11.1 Å². The average molecular weight is 296 g/mol. The van der Waals surface area contributed by atoms with Crippen molar-refractivity contribution in [1.82, 2.24) is 4.98 Å². The number of hydrogen-bond acceptors (Lipinski definition) is 2. The molecule has 0 aliphatic heterocycles. The van der Waals surface area contributed by atoms with Crippen molar-refractivity contribution in [2.75, 3.05) is 11.9 Å². The summed E-state index contributed by atoms with van der Waals surface area (Å²) >= 11 is 0. The first-order valence-electron chi connectivity index (χ1n) is 7.57. The molecule has 0 unspecified atom stereocenters. The Morgan fingerprint density at radius 3 is 2.77 bits per heavy atom. The van der Waals surface area contributed by atoms with E-state index in [9.17, 15) is 0 Å². The van der Waals surface area contributed by atoms with Crippen LogP contribution >= 0.6 is 0 Å². The van der Waals surface area contributed by atoms with Crippen LogP contribution in [-0.4, -0.2) is 17.5 Å². The first kappa shape index (κ1) is 16.0. The molecule has 22 heavy (non-hydrogen) atoms. The van der Waals surface area contributed by atoms with E-state index in [1.54, 1.807) is 6.20 Å². The zero-order chi connectivity index (χ0) is 16.0. The van der Waals surface area contributed by atoms with E-state index in [1.165, 1.54) is 5.56 Å². The van der Waals surface area contributed by atoms with Gasteiger partial charge in [0.25, 0.3) is 0 Å². The molecular weight excluding hydrogens is 272 g/mol. The van der Waals surface area contributed by atoms with Gasteiger partial charge in [0.15, 0.2) is 5.96 Å². The Kier molecular flexibility index (Phi) is 5.15. The Balaban J connectivity index is 2.03. The van der Waals surface area contributed by atoms with E-state index in [2.05, 4.69) is 54.3 Å². The van der Waals surface area contributed by atoms with Crippen LogP contribution in [0.1, 0.15) is 31.9 Å². The maximum absolute atomic E-state index is 6.01. The van der Waals surface area contributed by atoms with Crippen molar-refractivity contribution in [2.45, 2.75) is 32.6 Å². The molecule has 0 saturated heterocycles. The molecule has 0 bridgehead atoms. The largest absolute Gasteiger partial charge is 0.370 e. The minimum Gasteiger partial charge on any atom is -0.370 e. The number of nitrogens with one attached hydrogen (secondary N) is 1. The SMILES string of the molecule is CCc1cccc(NC(N)=NCC(C)(C)c2cccnc2)c1. The van der Waals surface area contributed by atoms with Crippen molar-refractivity contribution >= 4 is 11.6 Å². The molecule has 4 heteroatoms. The van der Waals surface area contributed by atoms with Crippen LogP contribution in [0.2, 0.25) is 0 Å². The quantitative estimate of drug-likeness (QED) is 0.657. The van der Waals surface area contributed by atoms with Gasteiger partial charge in [0.1, 0.15) is 0 Å². The Morgan fingerprint density at radius 1 is 1.27 bits per heavy atom. The van der Waals surface area contributed by atoms with E-state index >= 15 is 0 Å². The number of aliphatic imine (C=N–C) groups is 1. The molecule has 0 saturated carbocycles. The second-order valence-corrected chi connectivity index (χ2v) is 6.01. The Bertz CT molecular complexity index is 633. The lowest BCUT2D eigenvalue weighted by Crippen LogP contribution is -2.27. The fourth-order valence-electron chi connectivity index (χ4n) is 2.19. The van der Waals surface area contributed by atoms with Crippen molar-refractivity contribution in [3.05, 3.63) is 59.9 Å². The normalized spacial score (nSPS) is 12.2. The molecule has 3 N–H and O–H groups in total. The summed E-state index contributed by atoms with van der Waals surface area (Å²) in [6.07, 6.45) is 4.66. The highest BCUT2D eigenvalue weighted by Gasteiger charge is 2.20. The van der Waals surface area contributed by atoms with Gasteiger partial charge in [-0.25, -0.2) is 0 Å². The molecular formula is C18H24N4. The lowest BCUT2D eigenvalue weighted by atomic mass is 9.86. The van der Waals surface area contributed by atoms with Crippen LogP contribution in [0.3, 0.4) is 0 Å². The summed E-state index contributed by atoms with van der Waals surface area (Å²) in [5.41, 5.74) is 9.30. The number of nitrogens with zero attached hydrogens (tertiary/aromatic N) is 2. The van der Waals surface area contributed by atoms with Gasteiger partial charge in [-0.3, -0.25) is 9.98 Å². The Morgan fingerprint density at radius 2 is 2.09 bits per heavy atom. The molecule has 0 spiro atoms. The number of aryl methyl sites for hydroxylation is 1. The van der Waals surface area contributed by atoms with Gasteiger partial charge >= 0.3 is 0 Å². The molecule has 2 rings (SSSR count). The van der Waals surface area contributed by atoms with E-state index in [1.807, 2.05) is 24.4 Å². The monoisotopic (exact) mass is 296 g/mol. The number of benzene rings is 1. The third kappa shape index (κ3) is 4.32. The highest BCUT2D eigenvalue weighted by molar-refractivity contribution is 5.92. The lowest BCUT2D eigenvalue weighted by molar-refractivity contribution is 0.538. The molecule has 4 nitrogen and oxygen atoms in total. The van der Waals surface area contributed by atoms with Crippen molar-refractivity contribution in [2.24, 2.45) is 10.7 Å². The van der Waals surface area contributed by atoms with Crippen LogP contribution in [0.25, 0.3) is 0 Å². The van der Waals surface area contributed by atoms with E-state index in [4.69, 9.17) is 5.73 Å². The number of hydrogen-bond donors (Lipinski definition) is 2. The highest BCUT2D eigenvalue weighted by atomic mass is 15.1. The van der Waals surface area contributed by atoms with Crippen LogP contribution in [0.5, 0.6) is 0 Å². The van der Waals surface area contributed by atoms with Gasteiger partial charge in [-0.2, -0.15) is 0 Å². The van der Waals surface area contributed by atoms with Gasteiger partial charge in [0.2, 0.25) is 0 Å². The fraction of sp³-hybridized carbons (Fsp3) is 0.333. The van der Waals surface area contributed by atoms with Crippen LogP contribution in [0.15, 0.2) is 53.8 Å². The first-order valence-corrected chi connectivity index (χ1v) is 7.57. The lowest BCUT2D eigenvalue weighted by Gasteiger charge is -2.22. The topological polar surface area (TPSA) is 63.3 Å². The molecule has 0 aliphatic rings. The predicted molar refractivity (Wildman–Crippen MR) is 93.2 cm³/mol. The van der Waals surface area contributed by atoms with Crippen LogP contribution in [0, 0.1) is 0 Å². The van der Waals surface area contributed by atoms with Crippen LogP contribution in [-0.2, 0) is 11.8 Å². The number of pyridine rings is 1.